The van der Waals surface area contributed by atoms with Crippen LogP contribution in [0.15, 0.2) is 48.5 Å². The summed E-state index contributed by atoms with van der Waals surface area (Å²) in [6.45, 7) is 8.66. The average molecular weight is 327 g/mol. The third kappa shape index (κ3) is 5.07. The zero-order valence-electron chi connectivity index (χ0n) is 14.4. The number of thiocarbonyl (C=S) groups is 1. The lowest BCUT2D eigenvalue weighted by Gasteiger charge is -2.20. The Kier molecular flexibility index (Phi) is 6.17. The number of hydrogen-bond donors (Lipinski definition) is 2. The maximum atomic E-state index is 5.47. The number of benzene rings is 2. The molecule has 0 aliphatic heterocycles. The van der Waals surface area contributed by atoms with E-state index in [4.69, 9.17) is 12.2 Å². The molecule has 23 heavy (non-hydrogen) atoms. The Hall–Kier alpha value is -1.87. The van der Waals surface area contributed by atoms with Crippen LogP contribution in [0, 0.1) is 6.92 Å². The van der Waals surface area contributed by atoms with Crippen molar-refractivity contribution in [2.24, 2.45) is 0 Å². The summed E-state index contributed by atoms with van der Waals surface area (Å²) in [7, 11) is 0. The van der Waals surface area contributed by atoms with Crippen LogP contribution >= 0.6 is 12.2 Å². The molecule has 0 unspecified atom stereocenters. The summed E-state index contributed by atoms with van der Waals surface area (Å²) < 4.78 is 0. The molecule has 0 heterocycles. The van der Waals surface area contributed by atoms with E-state index >= 15 is 0 Å². The summed E-state index contributed by atoms with van der Waals surface area (Å²) in [5.41, 5.74) is 4.89. The monoisotopic (exact) mass is 326 g/mol. The maximum absolute atomic E-state index is 5.47. The maximum Gasteiger partial charge on any atom is 0.171 e. The van der Waals surface area contributed by atoms with Crippen molar-refractivity contribution in [1.29, 1.82) is 0 Å². The first kappa shape index (κ1) is 17.5. The van der Waals surface area contributed by atoms with Gasteiger partial charge < -0.3 is 10.6 Å². The fourth-order valence-corrected chi connectivity index (χ4v) is 2.76. The van der Waals surface area contributed by atoms with Gasteiger partial charge >= 0.3 is 0 Å². The summed E-state index contributed by atoms with van der Waals surface area (Å²) in [6.07, 6.45) is 0.983. The summed E-state index contributed by atoms with van der Waals surface area (Å²) in [5.74, 6) is 0.542. The van der Waals surface area contributed by atoms with Gasteiger partial charge in [0.05, 0.1) is 6.04 Å². The molecule has 0 saturated heterocycles. The molecule has 0 radical (unpaired) electrons. The second-order valence-corrected chi connectivity index (χ2v) is 6.65. The minimum atomic E-state index is 0.227. The quantitative estimate of drug-likeness (QED) is 0.704. The number of rotatable bonds is 5. The van der Waals surface area contributed by atoms with Crippen molar-refractivity contribution in [3.63, 3.8) is 0 Å². The Labute approximate surface area is 145 Å². The van der Waals surface area contributed by atoms with Crippen LogP contribution < -0.4 is 10.6 Å². The van der Waals surface area contributed by atoms with Gasteiger partial charge in [0, 0.05) is 5.69 Å². The van der Waals surface area contributed by atoms with Gasteiger partial charge in [0.1, 0.15) is 0 Å². The molecule has 1 atom stereocenters. The van der Waals surface area contributed by atoms with Crippen LogP contribution in [-0.4, -0.2) is 5.11 Å². The van der Waals surface area contributed by atoms with Crippen LogP contribution in [0.25, 0.3) is 0 Å². The van der Waals surface area contributed by atoms with Crippen molar-refractivity contribution in [2.45, 2.75) is 46.1 Å². The van der Waals surface area contributed by atoms with Gasteiger partial charge in [0.25, 0.3) is 0 Å². The Morgan fingerprint density at radius 1 is 0.957 bits per heavy atom. The first-order valence-electron chi connectivity index (χ1n) is 8.23. The average Bonchev–Trinajstić information content (AvgIpc) is 2.54. The van der Waals surface area contributed by atoms with E-state index in [1.807, 2.05) is 0 Å². The van der Waals surface area contributed by atoms with Crippen LogP contribution in [0.2, 0.25) is 0 Å². The van der Waals surface area contributed by atoms with E-state index in [9.17, 15) is 0 Å². The van der Waals surface area contributed by atoms with Gasteiger partial charge in [-0.25, -0.2) is 0 Å². The molecule has 3 heteroatoms. The Morgan fingerprint density at radius 3 is 2.04 bits per heavy atom. The fraction of sp³-hybridized carbons (Fsp3) is 0.350. The van der Waals surface area contributed by atoms with E-state index in [-0.39, 0.29) is 6.04 Å². The number of aryl methyl sites for hydroxylation is 1. The van der Waals surface area contributed by atoms with Crippen LogP contribution in [-0.2, 0) is 0 Å². The topological polar surface area (TPSA) is 24.1 Å². The molecule has 2 N–H and O–H groups in total. The zero-order chi connectivity index (χ0) is 16.8. The van der Waals surface area contributed by atoms with Crippen molar-refractivity contribution in [2.75, 3.05) is 5.32 Å². The minimum absolute atomic E-state index is 0.227. The van der Waals surface area contributed by atoms with Crippen molar-refractivity contribution < 1.29 is 0 Å². The lowest BCUT2D eigenvalue weighted by atomic mass is 10.0. The first-order valence-corrected chi connectivity index (χ1v) is 8.64. The third-order valence-corrected chi connectivity index (χ3v) is 4.25. The lowest BCUT2D eigenvalue weighted by Crippen LogP contribution is -2.32. The Bertz CT molecular complexity index is 630. The highest BCUT2D eigenvalue weighted by Gasteiger charge is 2.10. The third-order valence-electron chi connectivity index (χ3n) is 4.03. The van der Waals surface area contributed by atoms with Crippen molar-refractivity contribution in [3.05, 3.63) is 65.2 Å². The molecule has 2 nitrogen and oxygen atoms in total. The molecule has 0 aliphatic rings. The molecular formula is C20H26N2S. The van der Waals surface area contributed by atoms with E-state index in [1.165, 1.54) is 16.7 Å². The van der Waals surface area contributed by atoms with Gasteiger partial charge in [-0.05, 0) is 54.7 Å². The smallest absolute Gasteiger partial charge is 0.171 e. The van der Waals surface area contributed by atoms with E-state index < -0.39 is 0 Å². The Morgan fingerprint density at radius 2 is 1.52 bits per heavy atom. The summed E-state index contributed by atoms with van der Waals surface area (Å²) in [4.78, 5) is 0. The lowest BCUT2D eigenvalue weighted by molar-refractivity contribution is 0.629. The van der Waals surface area contributed by atoms with Crippen LogP contribution in [0.4, 0.5) is 5.69 Å². The Balaban J connectivity index is 1.98. The molecule has 2 rings (SSSR count). The number of nitrogens with one attached hydrogen (secondary N) is 2. The molecule has 0 fully saturated rings. The summed E-state index contributed by atoms with van der Waals surface area (Å²) in [5, 5.41) is 7.34. The largest absolute Gasteiger partial charge is 0.356 e. The highest BCUT2D eigenvalue weighted by molar-refractivity contribution is 7.80. The molecule has 2 aromatic rings. The van der Waals surface area contributed by atoms with E-state index in [0.29, 0.717) is 11.0 Å². The van der Waals surface area contributed by atoms with Crippen LogP contribution in [0.3, 0.4) is 0 Å². The normalized spacial score (nSPS) is 12.0. The summed E-state index contributed by atoms with van der Waals surface area (Å²) in [6, 6.07) is 17.3. The van der Waals surface area contributed by atoms with Gasteiger partial charge in [0.15, 0.2) is 5.11 Å². The van der Waals surface area contributed by atoms with E-state index in [1.54, 1.807) is 0 Å². The zero-order valence-corrected chi connectivity index (χ0v) is 15.2. The molecular weight excluding hydrogens is 300 g/mol. The molecule has 2 aromatic carbocycles. The second kappa shape index (κ2) is 8.11. The molecule has 0 amide bonds. The first-order chi connectivity index (χ1) is 11.0. The van der Waals surface area contributed by atoms with Gasteiger partial charge in [0.2, 0.25) is 0 Å². The van der Waals surface area contributed by atoms with Crippen molar-refractivity contribution in [3.8, 4) is 0 Å². The van der Waals surface area contributed by atoms with Crippen molar-refractivity contribution in [1.82, 2.24) is 5.32 Å². The second-order valence-electron chi connectivity index (χ2n) is 6.25. The molecule has 122 valence electrons. The predicted octanol–water partition coefficient (Wildman–Crippen LogP) is 5.56. The van der Waals surface area contributed by atoms with Gasteiger partial charge in [-0.1, -0.05) is 62.7 Å². The SMILES string of the molecule is CC[C@@H](NC(=S)Nc1ccc(C(C)C)cc1)c1ccc(C)cc1. The molecule has 0 aliphatic carbocycles. The van der Waals surface area contributed by atoms with E-state index in [0.717, 1.165) is 12.1 Å². The highest BCUT2D eigenvalue weighted by atomic mass is 32.1. The number of anilines is 1. The number of hydrogen-bond acceptors (Lipinski definition) is 1. The van der Waals surface area contributed by atoms with Gasteiger partial charge in [-0.2, -0.15) is 0 Å². The highest BCUT2D eigenvalue weighted by Crippen LogP contribution is 2.19. The van der Waals surface area contributed by atoms with Crippen LogP contribution in [0.5, 0.6) is 0 Å². The van der Waals surface area contributed by atoms with Crippen molar-refractivity contribution >= 4 is 23.0 Å². The van der Waals surface area contributed by atoms with Gasteiger partial charge in [-0.15, -0.1) is 0 Å². The minimum Gasteiger partial charge on any atom is -0.356 e. The fourth-order valence-electron chi connectivity index (χ4n) is 2.50. The molecule has 0 bridgehead atoms. The molecule has 0 saturated carbocycles. The predicted molar refractivity (Wildman–Crippen MR) is 104 cm³/mol. The van der Waals surface area contributed by atoms with E-state index in [2.05, 4.69) is 86.9 Å². The molecule has 0 aromatic heterocycles. The van der Waals surface area contributed by atoms with Gasteiger partial charge in [-0.3, -0.25) is 0 Å². The van der Waals surface area contributed by atoms with Crippen LogP contribution in [0.1, 0.15) is 55.8 Å². The standard InChI is InChI=1S/C20H26N2S/c1-5-19(17-8-6-15(4)7-9-17)22-20(23)21-18-12-10-16(11-13-18)14(2)3/h6-14,19H,5H2,1-4H3,(H2,21,22,23)/t19-/m1/s1. The molecule has 0 spiro atoms. The summed E-state index contributed by atoms with van der Waals surface area (Å²) >= 11 is 5.47.